The molecule has 0 radical (unpaired) electrons. The van der Waals surface area contributed by atoms with Gasteiger partial charge in [-0.15, -0.1) is 0 Å². The van der Waals surface area contributed by atoms with E-state index in [1.165, 1.54) is 11.3 Å². The first-order valence-electron chi connectivity index (χ1n) is 22.4. The van der Waals surface area contributed by atoms with Crippen LogP contribution in [0.25, 0.3) is 16.5 Å². The van der Waals surface area contributed by atoms with Crippen LogP contribution in [0.5, 0.6) is 0 Å². The van der Waals surface area contributed by atoms with Gasteiger partial charge in [0.2, 0.25) is 5.91 Å². The van der Waals surface area contributed by atoms with E-state index in [9.17, 15) is 19.8 Å². The first-order valence-corrected chi connectivity index (χ1v) is 22.4. The molecule has 9 atom stereocenters. The van der Waals surface area contributed by atoms with Gasteiger partial charge in [-0.3, -0.25) is 9.59 Å². The van der Waals surface area contributed by atoms with Crippen LogP contribution in [0.1, 0.15) is 140 Å². The normalized spacial score (nSPS) is 36.2. The number of ketones is 1. The molecule has 1 aromatic heterocycles. The Kier molecular flexibility index (Phi) is 9.31. The van der Waals surface area contributed by atoms with Crippen molar-refractivity contribution < 1.29 is 34.1 Å². The van der Waals surface area contributed by atoms with Crippen molar-refractivity contribution in [2.75, 3.05) is 32.8 Å². The number of fused-ring (bicyclic) bond motifs is 11. The molecule has 0 bridgehead atoms. The van der Waals surface area contributed by atoms with Crippen molar-refractivity contribution in [3.8, 4) is 0 Å². The fraction of sp³-hybridized carbons (Fsp3) is 0.620. The average Bonchev–Trinajstić information content (AvgIpc) is 3.85. The van der Waals surface area contributed by atoms with E-state index in [2.05, 4.69) is 77.8 Å². The zero-order valence-corrected chi connectivity index (χ0v) is 37.4. The Morgan fingerprint density at radius 2 is 1.68 bits per heavy atom. The Morgan fingerprint density at radius 3 is 2.35 bits per heavy atom. The van der Waals surface area contributed by atoms with Crippen LogP contribution in [-0.2, 0) is 26.1 Å². The predicted octanol–water partition coefficient (Wildman–Crippen LogP) is 8.40. The number of piperazine rings is 1. The zero-order chi connectivity index (χ0) is 43.2. The van der Waals surface area contributed by atoms with Crippen molar-refractivity contribution in [2.24, 2.45) is 28.6 Å². The molecule has 1 saturated heterocycles. The molecule has 1 aromatic carbocycles. The second-order valence-corrected chi connectivity index (χ2v) is 21.0. The molecule has 322 valence electrons. The quantitative estimate of drug-likeness (QED) is 0.177. The molecular formula is C50H65N3O7. The fourth-order valence-corrected chi connectivity index (χ4v) is 14.1. The number of hydrogen-bond donors (Lipinski definition) is 2. The molecule has 10 heteroatoms. The van der Waals surface area contributed by atoms with E-state index in [0.29, 0.717) is 56.3 Å². The van der Waals surface area contributed by atoms with Crippen LogP contribution < -0.4 is 0 Å². The summed E-state index contributed by atoms with van der Waals surface area (Å²) in [6.07, 6.45) is 10.8. The summed E-state index contributed by atoms with van der Waals surface area (Å²) in [6.45, 7) is 27.5. The van der Waals surface area contributed by atoms with Crippen molar-refractivity contribution in [2.45, 2.75) is 136 Å². The van der Waals surface area contributed by atoms with E-state index in [4.69, 9.17) is 9.47 Å². The summed E-state index contributed by atoms with van der Waals surface area (Å²) in [5.74, 6) is 0.176. The molecule has 0 spiro atoms. The predicted molar refractivity (Wildman–Crippen MR) is 233 cm³/mol. The maximum atomic E-state index is 15.0. The number of aliphatic hydroxyl groups is 2. The van der Waals surface area contributed by atoms with Crippen LogP contribution >= 0.6 is 0 Å². The lowest BCUT2D eigenvalue weighted by Gasteiger charge is -2.64. The molecule has 2 aromatic rings. The molecule has 7 aliphatic rings. The van der Waals surface area contributed by atoms with Gasteiger partial charge in [-0.2, -0.15) is 0 Å². The van der Waals surface area contributed by atoms with Crippen LogP contribution in [0.2, 0.25) is 0 Å². The van der Waals surface area contributed by atoms with Crippen LogP contribution in [0.4, 0.5) is 4.79 Å². The van der Waals surface area contributed by atoms with Crippen LogP contribution in [0.3, 0.4) is 0 Å². The number of Topliss-reactive ketones (excluding diaryl/α,β-unsaturated/α-hetero) is 1. The first kappa shape index (κ1) is 41.4. The van der Waals surface area contributed by atoms with E-state index < -0.39 is 34.9 Å². The van der Waals surface area contributed by atoms with Crippen molar-refractivity contribution in [3.63, 3.8) is 0 Å². The molecule has 60 heavy (non-hydrogen) atoms. The Morgan fingerprint density at radius 1 is 1.00 bits per heavy atom. The summed E-state index contributed by atoms with van der Waals surface area (Å²) in [7, 11) is 0. The number of carbonyl (C=O) groups excluding carboxylic acids is 3. The summed E-state index contributed by atoms with van der Waals surface area (Å²) in [4.78, 5) is 44.2. The highest BCUT2D eigenvalue weighted by atomic mass is 16.6. The van der Waals surface area contributed by atoms with E-state index in [1.807, 2.05) is 26.0 Å². The number of aromatic nitrogens is 1. The van der Waals surface area contributed by atoms with Gasteiger partial charge in [0.15, 0.2) is 5.78 Å². The second-order valence-electron chi connectivity index (χ2n) is 21.0. The van der Waals surface area contributed by atoms with Crippen molar-refractivity contribution in [1.29, 1.82) is 0 Å². The largest absolute Gasteiger partial charge is 0.450 e. The lowest BCUT2D eigenvalue weighted by atomic mass is 9.40. The third-order valence-electron chi connectivity index (χ3n) is 16.8. The second kappa shape index (κ2) is 13.5. The first-order chi connectivity index (χ1) is 28.1. The number of hydrogen-bond acceptors (Lipinski definition) is 7. The third-order valence-corrected chi connectivity index (χ3v) is 16.8. The third kappa shape index (κ3) is 5.44. The van der Waals surface area contributed by atoms with Gasteiger partial charge >= 0.3 is 6.09 Å². The number of rotatable bonds is 5. The number of carbonyl (C=O) groups is 3. The highest BCUT2D eigenvalue weighted by molar-refractivity contribution is 6.18. The number of benzene rings is 1. The van der Waals surface area contributed by atoms with E-state index in [1.54, 1.807) is 16.7 Å². The van der Waals surface area contributed by atoms with Gasteiger partial charge in [-0.25, -0.2) is 4.79 Å². The highest BCUT2D eigenvalue weighted by Gasteiger charge is 2.68. The van der Waals surface area contributed by atoms with E-state index >= 15 is 4.79 Å². The molecule has 4 aliphatic carbocycles. The average molecular weight is 820 g/mol. The summed E-state index contributed by atoms with van der Waals surface area (Å²) in [5.41, 5.74) is 6.13. The smallest absolute Gasteiger partial charge is 0.409 e. The number of allylic oxidation sites excluding steroid dienone is 3. The molecule has 10 nitrogen and oxygen atoms in total. The minimum absolute atomic E-state index is 0.0208. The summed E-state index contributed by atoms with van der Waals surface area (Å²) in [6, 6.07) is 1.75. The Hall–Kier alpha value is -3.99. The van der Waals surface area contributed by atoms with Gasteiger partial charge in [-0.1, -0.05) is 51.2 Å². The van der Waals surface area contributed by atoms with Crippen LogP contribution in [0.15, 0.2) is 48.1 Å². The topological polar surface area (TPSA) is 122 Å². The minimum Gasteiger partial charge on any atom is -0.450 e. The maximum absolute atomic E-state index is 15.0. The lowest BCUT2D eigenvalue weighted by Crippen LogP contribution is -2.62. The molecule has 4 heterocycles. The summed E-state index contributed by atoms with van der Waals surface area (Å²) < 4.78 is 14.1. The van der Waals surface area contributed by atoms with Crippen LogP contribution in [-0.4, -0.2) is 92.5 Å². The summed E-state index contributed by atoms with van der Waals surface area (Å²) in [5, 5.41) is 25.3. The van der Waals surface area contributed by atoms with Crippen molar-refractivity contribution in [3.05, 3.63) is 76.0 Å². The van der Waals surface area contributed by atoms with E-state index in [0.717, 1.165) is 58.9 Å². The molecule has 3 aliphatic heterocycles. The number of ether oxygens (including phenoxy) is 2. The van der Waals surface area contributed by atoms with Gasteiger partial charge in [-0.05, 0) is 127 Å². The molecule has 2 unspecified atom stereocenters. The standard InChI is InChI=1S/C50H65N3O7/c1-12-59-45(58)52-22-20-51(21-23-52)44(57)28(4)14-13-18-48(9)34-16-15-29-24-32-31-25-30-33-26-46(5,6)60-47(7,8)38(33)41(55)36(30)37-40(31)53(39(27(2)3)42(37)56)43(32)50(29,11)49(34,10)19-17-35(48)54/h13-14,18,25-26,29,34-35,38-39,41,54-55H,2,12,15-17,19-24H2,1,3-11H3/b18-13+,28-14+/t29?,34-,35-,38?,39-,41+,48-,49-,50+/m0/s1. The number of aliphatic hydroxyl groups excluding tert-OH is 2. The van der Waals surface area contributed by atoms with Crippen molar-refractivity contribution >= 4 is 34.3 Å². The van der Waals surface area contributed by atoms with Gasteiger partial charge in [0.05, 0.1) is 41.1 Å². The Labute approximate surface area is 355 Å². The maximum Gasteiger partial charge on any atom is 0.409 e. The number of nitrogens with zero attached hydrogens (tertiary/aromatic N) is 3. The molecule has 9 rings (SSSR count). The SMILES string of the molecule is C=C(C)[C@H]1C(=O)c2c3c(cc4c5c(n1c24)[C@@]1(C)C(CC[C@H]2[C@](C)(/C=C/C=C(\C)C(=O)N4CCN(C(=O)OCC)CC4)[C@@H](O)CC[C@@]21C)C5)C1=CC(C)(C)OC(C)(C)C1[C@@H]3O. The van der Waals surface area contributed by atoms with E-state index in [-0.39, 0.29) is 40.4 Å². The summed E-state index contributed by atoms with van der Waals surface area (Å²) >= 11 is 0. The molecular weight excluding hydrogens is 755 g/mol. The van der Waals surface area contributed by atoms with Crippen LogP contribution in [0, 0.1) is 28.6 Å². The monoisotopic (exact) mass is 819 g/mol. The lowest BCUT2D eigenvalue weighted by molar-refractivity contribution is -0.144. The van der Waals surface area contributed by atoms with Gasteiger partial charge in [0.25, 0.3) is 0 Å². The molecule has 2 N–H and O–H groups in total. The Balaban J connectivity index is 1.10. The number of amides is 2. The highest BCUT2D eigenvalue weighted by Crippen LogP contribution is 2.71. The van der Waals surface area contributed by atoms with Gasteiger partial charge in [0.1, 0.15) is 6.04 Å². The van der Waals surface area contributed by atoms with Gasteiger partial charge < -0.3 is 34.1 Å². The molecule has 3 fully saturated rings. The molecule has 2 amide bonds. The zero-order valence-electron chi connectivity index (χ0n) is 37.4. The van der Waals surface area contributed by atoms with Crippen molar-refractivity contribution in [1.82, 2.24) is 14.4 Å². The van der Waals surface area contributed by atoms with Gasteiger partial charge in [0, 0.05) is 65.1 Å². The fourth-order valence-electron chi connectivity index (χ4n) is 14.1. The Bertz CT molecular complexity index is 2340. The molecule has 2 saturated carbocycles. The minimum atomic E-state index is -0.871.